The van der Waals surface area contributed by atoms with Crippen molar-refractivity contribution in [2.45, 2.75) is 44.3 Å². The number of H-pyrrole nitrogens is 1. The molecule has 2 aliphatic rings. The molecule has 2 atom stereocenters. The summed E-state index contributed by atoms with van der Waals surface area (Å²) in [7, 11) is -1.22. The molecule has 4 N–H and O–H groups in total. The summed E-state index contributed by atoms with van der Waals surface area (Å²) < 4.78 is 37.9. The second-order valence-electron chi connectivity index (χ2n) is 8.53. The van der Waals surface area contributed by atoms with E-state index >= 15 is 0 Å². The standard InChI is InChI=1S/C20H24F3N7O4S/c21-20(22,23)17(31)26-13-2-1-6-29(7-5-13)16-14(8-25-28-16)30(10-12-3-4-12)19(34)35-11-24-9-15(35)27-18(32)33/h8-9,11-13,27H,1-7,10H2,(H2-,25,26,28,31,32,33)/p+1. The van der Waals surface area contributed by atoms with Gasteiger partial charge in [0.2, 0.25) is 5.51 Å². The molecule has 2 aromatic heterocycles. The zero-order chi connectivity index (χ0) is 25.2. The fourth-order valence-electron chi connectivity index (χ4n) is 3.99. The molecule has 190 valence electrons. The van der Waals surface area contributed by atoms with Gasteiger partial charge < -0.3 is 15.3 Å². The number of aromatic amines is 1. The Balaban J connectivity index is 1.53. The van der Waals surface area contributed by atoms with Crippen molar-refractivity contribution in [3.63, 3.8) is 0 Å². The molecule has 11 nitrogen and oxygen atoms in total. The average Bonchev–Trinajstić information content (AvgIpc) is 3.37. The Bertz CT molecular complexity index is 1080. The highest BCUT2D eigenvalue weighted by molar-refractivity contribution is 7.53. The number of hydrogen-bond donors (Lipinski definition) is 4. The Morgan fingerprint density at radius 1 is 1.20 bits per heavy atom. The first-order chi connectivity index (χ1) is 16.6. The first kappa shape index (κ1) is 24.8. The number of carbonyl (C=O) groups excluding carboxylic acids is 2. The van der Waals surface area contributed by atoms with Crippen LogP contribution < -0.4 is 20.4 Å². The summed E-state index contributed by atoms with van der Waals surface area (Å²) in [6.07, 6.45) is -0.229. The number of amides is 3. The van der Waals surface area contributed by atoms with Crippen LogP contribution in [0.3, 0.4) is 0 Å². The molecule has 2 fully saturated rings. The monoisotopic (exact) mass is 516 g/mol. The SMILES string of the molecule is O=C(O)Nc1cnc[s+]1C(=O)N(CC1CC1)c1cn[nH]c1N1CCCC(NC(=O)C(F)(F)F)CC1. The van der Waals surface area contributed by atoms with Crippen LogP contribution >= 0.6 is 10.5 Å². The molecule has 1 saturated heterocycles. The van der Waals surface area contributed by atoms with Crippen LogP contribution in [0.25, 0.3) is 0 Å². The maximum absolute atomic E-state index is 13.5. The number of nitrogens with one attached hydrogen (secondary N) is 3. The molecule has 0 radical (unpaired) electrons. The topological polar surface area (TPSA) is 144 Å². The molecule has 2 aromatic rings. The maximum atomic E-state index is 13.5. The van der Waals surface area contributed by atoms with Crippen molar-refractivity contribution >= 4 is 44.2 Å². The third-order valence-corrected chi connectivity index (χ3v) is 7.51. The second-order valence-corrected chi connectivity index (χ2v) is 10.2. The average molecular weight is 517 g/mol. The second kappa shape index (κ2) is 10.1. The molecular formula is C20H25F3N7O4S+. The van der Waals surface area contributed by atoms with Gasteiger partial charge in [-0.3, -0.25) is 14.8 Å². The molecule has 3 heterocycles. The van der Waals surface area contributed by atoms with E-state index in [0.717, 1.165) is 12.8 Å². The largest absolute Gasteiger partial charge is 0.471 e. The first-order valence-electron chi connectivity index (χ1n) is 11.1. The molecule has 15 heteroatoms. The molecule has 2 unspecified atom stereocenters. The van der Waals surface area contributed by atoms with Gasteiger partial charge in [-0.15, -0.1) is 0 Å². The van der Waals surface area contributed by atoms with Gasteiger partial charge in [-0.1, -0.05) is 0 Å². The van der Waals surface area contributed by atoms with Crippen LogP contribution in [0.2, 0.25) is 0 Å². The summed E-state index contributed by atoms with van der Waals surface area (Å²) in [6, 6.07) is -0.615. The predicted molar refractivity (Wildman–Crippen MR) is 122 cm³/mol. The van der Waals surface area contributed by atoms with Crippen LogP contribution in [0.4, 0.5) is 39.3 Å². The molecule has 0 bridgehead atoms. The summed E-state index contributed by atoms with van der Waals surface area (Å²) in [4.78, 5) is 43.4. The minimum atomic E-state index is -4.93. The summed E-state index contributed by atoms with van der Waals surface area (Å²) in [5, 5.41) is 20.2. The van der Waals surface area contributed by atoms with Crippen LogP contribution in [0, 0.1) is 5.92 Å². The third kappa shape index (κ3) is 6.01. The van der Waals surface area contributed by atoms with E-state index in [1.165, 1.54) is 17.9 Å². The molecule has 4 rings (SSSR count). The van der Waals surface area contributed by atoms with Crippen LogP contribution in [0.5, 0.6) is 0 Å². The Morgan fingerprint density at radius 2 is 1.97 bits per heavy atom. The number of aromatic nitrogens is 3. The van der Waals surface area contributed by atoms with Crippen LogP contribution in [0.15, 0.2) is 17.9 Å². The van der Waals surface area contributed by atoms with Gasteiger partial charge in [0.1, 0.15) is 28.2 Å². The highest BCUT2D eigenvalue weighted by Crippen LogP contribution is 2.40. The number of thiazole rings is 1. The van der Waals surface area contributed by atoms with Crippen molar-refractivity contribution in [1.82, 2.24) is 20.5 Å². The lowest BCUT2D eigenvalue weighted by atomic mass is 10.1. The summed E-state index contributed by atoms with van der Waals surface area (Å²) in [5.41, 5.74) is 1.93. The van der Waals surface area contributed by atoms with E-state index < -0.39 is 34.7 Å². The van der Waals surface area contributed by atoms with Gasteiger partial charge >= 0.3 is 23.4 Å². The fourth-order valence-corrected chi connectivity index (χ4v) is 5.34. The molecule has 1 aliphatic heterocycles. The van der Waals surface area contributed by atoms with Crippen molar-refractivity contribution < 1.29 is 32.7 Å². The number of alkyl halides is 3. The molecule has 3 amide bonds. The Kier molecular flexibility index (Phi) is 7.14. The van der Waals surface area contributed by atoms with E-state index in [2.05, 4.69) is 25.8 Å². The van der Waals surface area contributed by atoms with Crippen LogP contribution in [-0.4, -0.2) is 69.4 Å². The third-order valence-electron chi connectivity index (χ3n) is 5.90. The molecule has 0 spiro atoms. The van der Waals surface area contributed by atoms with E-state index in [1.807, 2.05) is 4.90 Å². The number of nitrogens with zero attached hydrogens (tertiary/aromatic N) is 4. The Labute approximate surface area is 200 Å². The van der Waals surface area contributed by atoms with E-state index in [4.69, 9.17) is 5.11 Å². The number of hydrogen-bond acceptors (Lipinski definition) is 6. The fraction of sp³-hybridized carbons (Fsp3) is 0.550. The van der Waals surface area contributed by atoms with Gasteiger partial charge in [0.15, 0.2) is 0 Å². The molecule has 0 aromatic carbocycles. The van der Waals surface area contributed by atoms with Gasteiger partial charge in [0.25, 0.3) is 5.00 Å². The van der Waals surface area contributed by atoms with Gasteiger partial charge in [0.05, 0.1) is 6.20 Å². The van der Waals surface area contributed by atoms with Gasteiger partial charge in [-0.25, -0.2) is 19.9 Å². The zero-order valence-corrected chi connectivity index (χ0v) is 19.4. The van der Waals surface area contributed by atoms with E-state index in [1.54, 1.807) is 4.90 Å². The zero-order valence-electron chi connectivity index (χ0n) is 18.5. The minimum absolute atomic E-state index is 0.186. The number of anilines is 3. The van der Waals surface area contributed by atoms with Crippen LogP contribution in [-0.2, 0) is 4.79 Å². The smallest absolute Gasteiger partial charge is 0.465 e. The number of rotatable bonds is 7. The summed E-state index contributed by atoms with van der Waals surface area (Å²) in [5.74, 6) is -1.08. The number of halogens is 3. The van der Waals surface area contributed by atoms with Crippen molar-refractivity contribution in [3.8, 4) is 0 Å². The van der Waals surface area contributed by atoms with Crippen molar-refractivity contribution in [2.24, 2.45) is 5.92 Å². The van der Waals surface area contributed by atoms with E-state index in [9.17, 15) is 27.6 Å². The predicted octanol–water partition coefficient (Wildman–Crippen LogP) is 3.57. The van der Waals surface area contributed by atoms with Crippen molar-refractivity contribution in [3.05, 3.63) is 17.9 Å². The molecular weight excluding hydrogens is 491 g/mol. The van der Waals surface area contributed by atoms with Crippen LogP contribution in [0.1, 0.15) is 32.1 Å². The van der Waals surface area contributed by atoms with Gasteiger partial charge in [-0.05, 0) is 38.0 Å². The lowest BCUT2D eigenvalue weighted by molar-refractivity contribution is -0.174. The van der Waals surface area contributed by atoms with Gasteiger partial charge in [0, 0.05) is 25.7 Å². The highest BCUT2D eigenvalue weighted by Gasteiger charge is 2.41. The first-order valence-corrected chi connectivity index (χ1v) is 12.4. The Hall–Kier alpha value is -3.36. The lowest BCUT2D eigenvalue weighted by Crippen LogP contribution is -2.43. The normalized spacial score (nSPS) is 19.1. The molecule has 1 saturated carbocycles. The summed E-state index contributed by atoms with van der Waals surface area (Å²) >= 11 is 0. The maximum Gasteiger partial charge on any atom is 0.471 e. The lowest BCUT2D eigenvalue weighted by Gasteiger charge is -2.25. The summed E-state index contributed by atoms with van der Waals surface area (Å²) in [6.45, 7) is 1.28. The molecule has 35 heavy (non-hydrogen) atoms. The highest BCUT2D eigenvalue weighted by atomic mass is 32.2. The van der Waals surface area contributed by atoms with Crippen molar-refractivity contribution in [1.29, 1.82) is 0 Å². The number of carbonyl (C=O) groups is 3. The molecule has 1 aliphatic carbocycles. The minimum Gasteiger partial charge on any atom is -0.465 e. The van der Waals surface area contributed by atoms with Gasteiger partial charge in [-0.2, -0.15) is 18.3 Å². The Morgan fingerprint density at radius 3 is 2.66 bits per heavy atom. The van der Waals surface area contributed by atoms with Crippen molar-refractivity contribution in [2.75, 3.05) is 34.8 Å². The number of carboxylic acid groups (broad SMARTS) is 1. The van der Waals surface area contributed by atoms with E-state index in [-0.39, 0.29) is 10.2 Å². The quantitative estimate of drug-likeness (QED) is 0.412. The van der Waals surface area contributed by atoms with E-state index in [0.29, 0.717) is 56.3 Å².